The summed E-state index contributed by atoms with van der Waals surface area (Å²) < 4.78 is 0. The quantitative estimate of drug-likeness (QED) is 0.535. The average Bonchev–Trinajstić information content (AvgIpc) is 1.98. The minimum absolute atomic E-state index is 0.599. The Kier molecular flexibility index (Phi) is 5.18. The van der Waals surface area contributed by atoms with Gasteiger partial charge in [0.25, 0.3) is 0 Å². The Hall–Kier alpha value is -1.04. The first-order chi connectivity index (χ1) is 5.20. The van der Waals surface area contributed by atoms with Crippen LogP contribution < -0.4 is 0 Å². The highest BCUT2D eigenvalue weighted by Crippen LogP contribution is 1.99. The molecule has 0 radical (unpaired) electrons. The predicted molar refractivity (Wildman–Crippen MR) is 52.5 cm³/mol. The van der Waals surface area contributed by atoms with E-state index in [9.17, 15) is 0 Å². The molecule has 0 N–H and O–H groups in total. The maximum Gasteiger partial charge on any atom is -0.0269 e. The summed E-state index contributed by atoms with van der Waals surface area (Å²) in [6.45, 7) is 11.6. The van der Waals surface area contributed by atoms with Gasteiger partial charge in [-0.05, 0) is 11.5 Å². The summed E-state index contributed by atoms with van der Waals surface area (Å²) in [6.07, 6.45) is 9.74. The number of hydrogen-bond donors (Lipinski definition) is 0. The highest BCUT2D eigenvalue weighted by atomic mass is 13.9. The van der Waals surface area contributed by atoms with E-state index in [0.717, 1.165) is 5.57 Å². The number of hydrogen-bond acceptors (Lipinski definition) is 0. The van der Waals surface area contributed by atoms with Crippen molar-refractivity contribution in [2.45, 2.75) is 13.8 Å². The molecule has 60 valence electrons. The Morgan fingerprint density at radius 3 is 2.09 bits per heavy atom. The minimum Gasteiger partial charge on any atom is -0.0985 e. The fraction of sp³-hybridized carbons (Fsp3) is 0.273. The van der Waals surface area contributed by atoms with Crippen LogP contribution in [0.4, 0.5) is 0 Å². The van der Waals surface area contributed by atoms with Gasteiger partial charge in [0.05, 0.1) is 0 Å². The number of rotatable bonds is 4. The second kappa shape index (κ2) is 5.72. The van der Waals surface area contributed by atoms with Gasteiger partial charge in [-0.3, -0.25) is 0 Å². The third-order valence-corrected chi connectivity index (χ3v) is 1.26. The molecule has 0 aliphatic heterocycles. The van der Waals surface area contributed by atoms with Crippen LogP contribution in [0, 0.1) is 5.92 Å². The Labute approximate surface area is 69.6 Å². The van der Waals surface area contributed by atoms with E-state index < -0.39 is 0 Å². The van der Waals surface area contributed by atoms with Gasteiger partial charge >= 0.3 is 0 Å². The highest BCUT2D eigenvalue weighted by Gasteiger charge is 1.81. The van der Waals surface area contributed by atoms with Gasteiger partial charge in [0.2, 0.25) is 0 Å². The Morgan fingerprint density at radius 1 is 1.18 bits per heavy atom. The van der Waals surface area contributed by atoms with Gasteiger partial charge < -0.3 is 0 Å². The third-order valence-electron chi connectivity index (χ3n) is 1.26. The predicted octanol–water partition coefficient (Wildman–Crippen LogP) is 3.50. The zero-order valence-corrected chi connectivity index (χ0v) is 7.38. The maximum atomic E-state index is 3.66. The topological polar surface area (TPSA) is 0 Å². The fourth-order valence-electron chi connectivity index (χ4n) is 0.608. The summed E-state index contributed by atoms with van der Waals surface area (Å²) in [5, 5.41) is 0. The molecule has 11 heavy (non-hydrogen) atoms. The first kappa shape index (κ1) is 9.96. The van der Waals surface area contributed by atoms with Gasteiger partial charge in [0.1, 0.15) is 0 Å². The highest BCUT2D eigenvalue weighted by molar-refractivity contribution is 5.31. The van der Waals surface area contributed by atoms with Crippen LogP contribution in [-0.4, -0.2) is 0 Å². The van der Waals surface area contributed by atoms with E-state index >= 15 is 0 Å². The van der Waals surface area contributed by atoms with Crippen LogP contribution in [0.3, 0.4) is 0 Å². The molecule has 0 atom stereocenters. The molecule has 0 bridgehead atoms. The molecule has 0 aromatic carbocycles. The van der Waals surface area contributed by atoms with Crippen molar-refractivity contribution in [3.8, 4) is 0 Å². The summed E-state index contributed by atoms with van der Waals surface area (Å²) in [6, 6.07) is 0. The Morgan fingerprint density at radius 2 is 1.73 bits per heavy atom. The van der Waals surface area contributed by atoms with Crippen molar-refractivity contribution in [1.29, 1.82) is 0 Å². The molecule has 0 amide bonds. The van der Waals surface area contributed by atoms with Gasteiger partial charge in [0.15, 0.2) is 0 Å². The lowest BCUT2D eigenvalue weighted by Crippen LogP contribution is -1.75. The van der Waals surface area contributed by atoms with Crippen molar-refractivity contribution in [2.75, 3.05) is 0 Å². The van der Waals surface area contributed by atoms with Crippen LogP contribution in [-0.2, 0) is 0 Å². The molecule has 0 spiro atoms. The van der Waals surface area contributed by atoms with Crippen molar-refractivity contribution >= 4 is 0 Å². The van der Waals surface area contributed by atoms with Gasteiger partial charge in [-0.25, -0.2) is 0 Å². The molecule has 0 aromatic heterocycles. The zero-order valence-electron chi connectivity index (χ0n) is 7.38. The molecule has 0 saturated carbocycles. The van der Waals surface area contributed by atoms with Gasteiger partial charge in [0, 0.05) is 0 Å². The van der Waals surface area contributed by atoms with E-state index in [2.05, 4.69) is 33.1 Å². The van der Waals surface area contributed by atoms with Gasteiger partial charge in [-0.2, -0.15) is 0 Å². The molecule has 0 heteroatoms. The SMILES string of the molecule is C=CC(C=C)=C/C=C/C(C)C. The summed E-state index contributed by atoms with van der Waals surface area (Å²) in [5.41, 5.74) is 1.06. The fourth-order valence-corrected chi connectivity index (χ4v) is 0.608. The van der Waals surface area contributed by atoms with Crippen LogP contribution in [0.5, 0.6) is 0 Å². The largest absolute Gasteiger partial charge is 0.0985 e. The van der Waals surface area contributed by atoms with Gasteiger partial charge in [-0.15, -0.1) is 0 Å². The lowest BCUT2D eigenvalue weighted by molar-refractivity contribution is 0.832. The summed E-state index contributed by atoms with van der Waals surface area (Å²) >= 11 is 0. The zero-order chi connectivity index (χ0) is 8.69. The molecule has 0 aliphatic carbocycles. The summed E-state index contributed by atoms with van der Waals surface area (Å²) in [4.78, 5) is 0. The van der Waals surface area contributed by atoms with Crippen molar-refractivity contribution in [3.05, 3.63) is 49.1 Å². The average molecular weight is 148 g/mol. The monoisotopic (exact) mass is 148 g/mol. The van der Waals surface area contributed by atoms with Crippen LogP contribution in [0.1, 0.15) is 13.8 Å². The molecule has 0 unspecified atom stereocenters. The summed E-state index contributed by atoms with van der Waals surface area (Å²) in [5.74, 6) is 0.599. The number of allylic oxidation sites excluding steroid dienone is 6. The molecule has 0 aliphatic rings. The van der Waals surface area contributed by atoms with Gasteiger partial charge in [-0.1, -0.05) is 57.4 Å². The Balaban J connectivity index is 4.08. The second-order valence-corrected chi connectivity index (χ2v) is 2.70. The van der Waals surface area contributed by atoms with E-state index in [1.165, 1.54) is 0 Å². The molecule has 0 saturated heterocycles. The van der Waals surface area contributed by atoms with Crippen LogP contribution in [0.2, 0.25) is 0 Å². The molecule has 0 heterocycles. The van der Waals surface area contributed by atoms with Crippen molar-refractivity contribution in [1.82, 2.24) is 0 Å². The smallest absolute Gasteiger partial charge is 0.0269 e. The van der Waals surface area contributed by atoms with E-state index in [1.54, 1.807) is 12.2 Å². The maximum absolute atomic E-state index is 3.66. The molecule has 0 fully saturated rings. The van der Waals surface area contributed by atoms with Crippen molar-refractivity contribution in [2.24, 2.45) is 5.92 Å². The third kappa shape index (κ3) is 5.41. The van der Waals surface area contributed by atoms with E-state index in [0.29, 0.717) is 5.92 Å². The van der Waals surface area contributed by atoms with Crippen LogP contribution in [0.25, 0.3) is 0 Å². The van der Waals surface area contributed by atoms with Crippen molar-refractivity contribution in [3.63, 3.8) is 0 Å². The van der Waals surface area contributed by atoms with E-state index in [1.807, 2.05) is 12.2 Å². The first-order valence-corrected chi connectivity index (χ1v) is 3.84. The summed E-state index contributed by atoms with van der Waals surface area (Å²) in [7, 11) is 0. The normalized spacial score (nSPS) is 10.1. The Bertz CT molecular complexity index is 170. The molecular weight excluding hydrogens is 132 g/mol. The second-order valence-electron chi connectivity index (χ2n) is 2.70. The van der Waals surface area contributed by atoms with Crippen molar-refractivity contribution < 1.29 is 0 Å². The molecule has 0 nitrogen and oxygen atoms in total. The van der Waals surface area contributed by atoms with E-state index in [-0.39, 0.29) is 0 Å². The van der Waals surface area contributed by atoms with Crippen LogP contribution in [0.15, 0.2) is 49.1 Å². The van der Waals surface area contributed by atoms with Crippen LogP contribution >= 0.6 is 0 Å². The lowest BCUT2D eigenvalue weighted by atomic mass is 10.2. The molecular formula is C11H16. The minimum atomic E-state index is 0.599. The first-order valence-electron chi connectivity index (χ1n) is 3.84. The van der Waals surface area contributed by atoms with E-state index in [4.69, 9.17) is 0 Å². The molecule has 0 aromatic rings. The molecule has 0 rings (SSSR count). The standard InChI is InChI=1S/C11H16/c1-5-11(6-2)9-7-8-10(3)4/h5-10H,1-2H2,3-4H3/b8-7+. The lowest BCUT2D eigenvalue weighted by Gasteiger charge is -1.91.